The van der Waals surface area contributed by atoms with E-state index in [0.29, 0.717) is 48.8 Å². The first-order chi connectivity index (χ1) is 19.2. The van der Waals surface area contributed by atoms with Crippen LogP contribution in [0.25, 0.3) is 16.9 Å². The van der Waals surface area contributed by atoms with Gasteiger partial charge in [-0.05, 0) is 62.7 Å². The van der Waals surface area contributed by atoms with Gasteiger partial charge in [-0.15, -0.1) is 0 Å². The first-order valence-electron chi connectivity index (χ1n) is 13.3. The predicted octanol–water partition coefficient (Wildman–Crippen LogP) is 4.08. The predicted molar refractivity (Wildman–Crippen MR) is 155 cm³/mol. The molecule has 0 aliphatic carbocycles. The fraction of sp³-hybridized carbons (Fsp3) is 0.333. The van der Waals surface area contributed by atoms with E-state index >= 15 is 0 Å². The van der Waals surface area contributed by atoms with Gasteiger partial charge in [0.25, 0.3) is 5.91 Å². The number of piperidine rings is 1. The van der Waals surface area contributed by atoms with Crippen LogP contribution in [0.3, 0.4) is 0 Å². The first-order valence-corrected chi connectivity index (χ1v) is 13.3. The largest absolute Gasteiger partial charge is 0.348 e. The third-order valence-corrected chi connectivity index (χ3v) is 7.50. The molecule has 2 amide bonds. The highest BCUT2D eigenvalue weighted by molar-refractivity contribution is 6.06. The molecule has 1 fully saturated rings. The normalized spacial score (nSPS) is 17.9. The number of nitrogens with zero attached hydrogens (tertiary/aromatic N) is 5. The lowest BCUT2D eigenvalue weighted by Crippen LogP contribution is -2.38. The van der Waals surface area contributed by atoms with E-state index in [9.17, 15) is 14.0 Å². The lowest BCUT2D eigenvalue weighted by Gasteiger charge is -2.31. The summed E-state index contributed by atoms with van der Waals surface area (Å²) in [6.45, 7) is 7.86. The van der Waals surface area contributed by atoms with Crippen molar-refractivity contribution in [2.24, 2.45) is 10.9 Å². The van der Waals surface area contributed by atoms with Gasteiger partial charge < -0.3 is 20.4 Å². The molecule has 1 aromatic carbocycles. The number of carbonyl (C=O) groups excluding carboxylic acids is 2. The highest BCUT2D eigenvalue weighted by atomic mass is 19.1. The molecule has 1 saturated heterocycles. The topological polar surface area (TPSA) is 94.3 Å². The average Bonchev–Trinajstić information content (AvgIpc) is 3.52. The zero-order chi connectivity index (χ0) is 28.6. The van der Waals surface area contributed by atoms with E-state index in [1.807, 2.05) is 55.6 Å². The summed E-state index contributed by atoms with van der Waals surface area (Å²) in [4.78, 5) is 38.4. The zero-order valence-electron chi connectivity index (χ0n) is 23.3. The van der Waals surface area contributed by atoms with Gasteiger partial charge in [0, 0.05) is 50.9 Å². The summed E-state index contributed by atoms with van der Waals surface area (Å²) < 4.78 is 15.5. The van der Waals surface area contributed by atoms with Crippen LogP contribution in [0.5, 0.6) is 0 Å². The number of carbonyl (C=O) groups is 2. The number of likely N-dealkylation sites (tertiary alicyclic amines) is 1. The standard InChI is InChI=1S/C30H34FN7O2/c1-6-26(35-24(17-36(3)4)18(2)19-9-11-37(5)28(39)13-19)34-23-8-7-21(22-15-33-30(40)29(22)23)25-16-32-27-14-20(31)10-12-38(25)27/h6-8,10,12,14,16,19,34H,2,9,11,13,15,17H2,1,3-5H3,(H,33,40)/b26-6-,35-24-/t19-/m0/s1. The van der Waals surface area contributed by atoms with Gasteiger partial charge in [-0.25, -0.2) is 14.4 Å². The second kappa shape index (κ2) is 11.1. The van der Waals surface area contributed by atoms with E-state index in [0.717, 1.165) is 34.5 Å². The summed E-state index contributed by atoms with van der Waals surface area (Å²) in [6.07, 6.45) is 6.45. The maximum Gasteiger partial charge on any atom is 0.254 e. The number of anilines is 1. The van der Waals surface area contributed by atoms with Gasteiger partial charge in [0.05, 0.1) is 28.9 Å². The van der Waals surface area contributed by atoms with Crippen LogP contribution in [0, 0.1) is 11.7 Å². The van der Waals surface area contributed by atoms with E-state index in [4.69, 9.17) is 4.99 Å². The summed E-state index contributed by atoms with van der Waals surface area (Å²) in [5.41, 5.74) is 5.78. The SMILES string of the molecule is C=C(/C(CN(C)C)=N\C(=C/C)Nc1ccc(-c2cnc3cc(F)ccn23)c2c1C(=O)NC2)[C@H]1CCN(C)C(=O)C1. The van der Waals surface area contributed by atoms with Gasteiger partial charge in [-0.3, -0.25) is 14.0 Å². The van der Waals surface area contributed by atoms with Gasteiger partial charge in [0.2, 0.25) is 5.91 Å². The molecule has 10 heteroatoms. The Morgan fingerprint density at radius 1 is 1.32 bits per heavy atom. The number of imidazole rings is 1. The number of rotatable bonds is 8. The Bertz CT molecular complexity index is 1570. The van der Waals surface area contributed by atoms with Crippen molar-refractivity contribution in [3.05, 3.63) is 77.7 Å². The van der Waals surface area contributed by atoms with Crippen molar-refractivity contribution >= 4 is 28.9 Å². The van der Waals surface area contributed by atoms with Crippen LogP contribution in [0.1, 0.15) is 35.7 Å². The number of hydrogen-bond acceptors (Lipinski definition) is 6. The Kier molecular flexibility index (Phi) is 7.53. The van der Waals surface area contributed by atoms with E-state index in [2.05, 4.69) is 22.2 Å². The van der Waals surface area contributed by atoms with E-state index in [1.54, 1.807) is 17.3 Å². The summed E-state index contributed by atoms with van der Waals surface area (Å²) in [6, 6.07) is 6.56. The minimum Gasteiger partial charge on any atom is -0.348 e. The third-order valence-electron chi connectivity index (χ3n) is 7.50. The molecule has 2 aliphatic rings. The number of halogens is 1. The van der Waals surface area contributed by atoms with Crippen LogP contribution in [-0.4, -0.2) is 70.9 Å². The second-order valence-corrected chi connectivity index (χ2v) is 10.5. The summed E-state index contributed by atoms with van der Waals surface area (Å²) in [5, 5.41) is 6.29. The molecule has 3 aromatic rings. The van der Waals surface area contributed by atoms with E-state index < -0.39 is 0 Å². The van der Waals surface area contributed by atoms with Crippen LogP contribution in [-0.2, 0) is 11.3 Å². The van der Waals surface area contributed by atoms with Crippen molar-refractivity contribution in [2.45, 2.75) is 26.3 Å². The Hall–Kier alpha value is -4.31. The molecular weight excluding hydrogens is 509 g/mol. The molecule has 0 radical (unpaired) electrons. The smallest absolute Gasteiger partial charge is 0.254 e. The van der Waals surface area contributed by atoms with Gasteiger partial charge in [-0.2, -0.15) is 0 Å². The maximum atomic E-state index is 13.7. The van der Waals surface area contributed by atoms with Crippen molar-refractivity contribution in [1.29, 1.82) is 0 Å². The molecule has 0 saturated carbocycles. The fourth-order valence-electron chi connectivity index (χ4n) is 5.28. The van der Waals surface area contributed by atoms with Crippen molar-refractivity contribution in [3.8, 4) is 11.3 Å². The van der Waals surface area contributed by atoms with Crippen molar-refractivity contribution in [2.75, 3.05) is 39.5 Å². The molecular formula is C30H34FN7O2. The molecule has 40 heavy (non-hydrogen) atoms. The number of hydrogen-bond donors (Lipinski definition) is 2. The number of fused-ring (bicyclic) bond motifs is 2. The lowest BCUT2D eigenvalue weighted by molar-refractivity contribution is -0.132. The van der Waals surface area contributed by atoms with E-state index in [1.165, 1.54) is 12.1 Å². The van der Waals surface area contributed by atoms with Crippen LogP contribution in [0.4, 0.5) is 10.1 Å². The molecule has 4 heterocycles. The average molecular weight is 544 g/mol. The van der Waals surface area contributed by atoms with E-state index in [-0.39, 0.29) is 23.5 Å². The number of benzene rings is 1. The molecule has 1 atom stereocenters. The number of amides is 2. The Morgan fingerprint density at radius 2 is 2.12 bits per heavy atom. The molecule has 5 rings (SSSR count). The molecule has 2 aliphatic heterocycles. The Balaban J connectivity index is 1.47. The summed E-state index contributed by atoms with van der Waals surface area (Å²) in [7, 11) is 5.76. The molecule has 0 spiro atoms. The van der Waals surface area contributed by atoms with Gasteiger partial charge >= 0.3 is 0 Å². The van der Waals surface area contributed by atoms with Crippen LogP contribution in [0.2, 0.25) is 0 Å². The molecule has 208 valence electrons. The molecule has 0 unspecified atom stereocenters. The van der Waals surface area contributed by atoms with Crippen LogP contribution in [0.15, 0.2) is 65.7 Å². The number of allylic oxidation sites excluding steroid dienone is 1. The highest BCUT2D eigenvalue weighted by Gasteiger charge is 2.29. The maximum absolute atomic E-state index is 13.7. The van der Waals surface area contributed by atoms with Crippen molar-refractivity contribution in [3.63, 3.8) is 0 Å². The molecule has 9 nitrogen and oxygen atoms in total. The molecule has 0 bridgehead atoms. The first kappa shape index (κ1) is 27.3. The minimum absolute atomic E-state index is 0.0359. The van der Waals surface area contributed by atoms with Gasteiger partial charge in [-0.1, -0.05) is 12.6 Å². The minimum atomic E-state index is -0.357. The van der Waals surface area contributed by atoms with Crippen molar-refractivity contribution in [1.82, 2.24) is 24.5 Å². The van der Waals surface area contributed by atoms with Crippen molar-refractivity contribution < 1.29 is 14.0 Å². The lowest BCUT2D eigenvalue weighted by atomic mass is 9.87. The van der Waals surface area contributed by atoms with Gasteiger partial charge in [0.1, 0.15) is 17.3 Å². The monoisotopic (exact) mass is 543 g/mol. The van der Waals surface area contributed by atoms with Crippen LogP contribution < -0.4 is 10.6 Å². The number of pyridine rings is 1. The molecule has 2 N–H and O–H groups in total. The number of nitrogens with one attached hydrogen (secondary N) is 2. The highest BCUT2D eigenvalue weighted by Crippen LogP contribution is 2.35. The number of aromatic nitrogens is 2. The molecule has 2 aromatic heterocycles. The fourth-order valence-corrected chi connectivity index (χ4v) is 5.28. The Labute approximate surface area is 233 Å². The quantitative estimate of drug-likeness (QED) is 0.418. The van der Waals surface area contributed by atoms with Crippen LogP contribution >= 0.6 is 0 Å². The number of aliphatic imine (C=N–C) groups is 1. The summed E-state index contributed by atoms with van der Waals surface area (Å²) in [5.74, 6) is 0.195. The van der Waals surface area contributed by atoms with Gasteiger partial charge in [0.15, 0.2) is 0 Å². The second-order valence-electron chi connectivity index (χ2n) is 10.5. The third kappa shape index (κ3) is 5.27. The Morgan fingerprint density at radius 3 is 2.85 bits per heavy atom. The summed E-state index contributed by atoms with van der Waals surface area (Å²) >= 11 is 0. The zero-order valence-corrected chi connectivity index (χ0v) is 23.3.